The Morgan fingerprint density at radius 3 is 2.17 bits per heavy atom. The Morgan fingerprint density at radius 2 is 1.72 bits per heavy atom. The van der Waals surface area contributed by atoms with Crippen molar-refractivity contribution in [3.8, 4) is 0 Å². The molecule has 0 spiro atoms. The Balaban J connectivity index is 2.83. The van der Waals surface area contributed by atoms with Crippen molar-refractivity contribution < 1.29 is 8.42 Å². The summed E-state index contributed by atoms with van der Waals surface area (Å²) in [4.78, 5) is 0.590. The zero-order chi connectivity index (χ0) is 14.0. The molecule has 100 valence electrons. The van der Waals surface area contributed by atoms with Gasteiger partial charge in [0.2, 0.25) is 0 Å². The Morgan fingerprint density at radius 1 is 1.22 bits per heavy atom. The highest BCUT2D eigenvalue weighted by Crippen LogP contribution is 2.19. The molecular formula is C13H19NO2S2. The smallest absolute Gasteiger partial charge is 0.262 e. The largest absolute Gasteiger partial charge is 0.273 e. The van der Waals surface area contributed by atoms with Crippen molar-refractivity contribution in [2.24, 2.45) is 5.41 Å². The van der Waals surface area contributed by atoms with Gasteiger partial charge in [-0.2, -0.15) is 0 Å². The second kappa shape index (κ2) is 5.36. The lowest BCUT2D eigenvalue weighted by Crippen LogP contribution is -2.31. The summed E-state index contributed by atoms with van der Waals surface area (Å²) < 4.78 is 26.5. The number of hydrogen-bond acceptors (Lipinski definition) is 3. The summed E-state index contributed by atoms with van der Waals surface area (Å²) in [7, 11) is -3.54. The third-order valence-electron chi connectivity index (χ3n) is 2.27. The lowest BCUT2D eigenvalue weighted by molar-refractivity contribution is 0.433. The van der Waals surface area contributed by atoms with Crippen LogP contribution in [0.2, 0.25) is 0 Å². The first kappa shape index (κ1) is 15.1. The molecule has 0 amide bonds. The van der Waals surface area contributed by atoms with Crippen molar-refractivity contribution in [2.45, 2.75) is 39.0 Å². The summed E-state index contributed by atoms with van der Waals surface area (Å²) in [5.74, 6) is 0. The predicted molar refractivity (Wildman–Crippen MR) is 78.2 cm³/mol. The van der Waals surface area contributed by atoms with E-state index >= 15 is 0 Å². The van der Waals surface area contributed by atoms with Crippen molar-refractivity contribution in [1.29, 1.82) is 0 Å². The van der Waals surface area contributed by atoms with Gasteiger partial charge in [0.1, 0.15) is 0 Å². The summed E-state index contributed by atoms with van der Waals surface area (Å²) in [6.07, 6.45) is 0.535. The predicted octanol–water partition coefficient (Wildman–Crippen LogP) is 3.04. The molecule has 0 saturated carbocycles. The van der Waals surface area contributed by atoms with Crippen LogP contribution in [0, 0.1) is 12.3 Å². The van der Waals surface area contributed by atoms with Gasteiger partial charge in [0.25, 0.3) is 10.0 Å². The first-order chi connectivity index (χ1) is 8.10. The van der Waals surface area contributed by atoms with E-state index in [4.69, 9.17) is 12.2 Å². The van der Waals surface area contributed by atoms with Gasteiger partial charge in [-0.15, -0.1) is 0 Å². The fraction of sp³-hybridized carbons (Fsp3) is 0.462. The van der Waals surface area contributed by atoms with Crippen LogP contribution in [-0.2, 0) is 10.0 Å². The lowest BCUT2D eigenvalue weighted by Gasteiger charge is -2.19. The minimum atomic E-state index is -3.54. The Kier molecular flexibility index (Phi) is 4.50. The van der Waals surface area contributed by atoms with Crippen molar-refractivity contribution in [3.63, 3.8) is 0 Å². The molecule has 0 aliphatic carbocycles. The summed E-state index contributed by atoms with van der Waals surface area (Å²) in [6.45, 7) is 7.95. The van der Waals surface area contributed by atoms with Crippen molar-refractivity contribution in [1.82, 2.24) is 4.72 Å². The number of thiocarbonyl (C=S) groups is 1. The van der Waals surface area contributed by atoms with Crippen LogP contribution in [0.4, 0.5) is 0 Å². The van der Waals surface area contributed by atoms with Gasteiger partial charge >= 0.3 is 0 Å². The molecule has 0 aliphatic rings. The molecule has 1 rings (SSSR count). The van der Waals surface area contributed by atoms with Crippen LogP contribution < -0.4 is 4.72 Å². The van der Waals surface area contributed by atoms with Crippen LogP contribution in [0.1, 0.15) is 32.8 Å². The molecule has 5 heteroatoms. The molecule has 0 fully saturated rings. The van der Waals surface area contributed by atoms with Crippen molar-refractivity contribution in [2.75, 3.05) is 0 Å². The molecule has 18 heavy (non-hydrogen) atoms. The fourth-order valence-corrected chi connectivity index (χ4v) is 3.19. The average Bonchev–Trinajstić information content (AvgIpc) is 2.13. The van der Waals surface area contributed by atoms with Crippen LogP contribution in [0.3, 0.4) is 0 Å². The molecule has 1 N–H and O–H groups in total. The average molecular weight is 285 g/mol. The maximum Gasteiger partial charge on any atom is 0.262 e. The van der Waals surface area contributed by atoms with E-state index in [0.29, 0.717) is 11.4 Å². The minimum absolute atomic E-state index is 0.0348. The van der Waals surface area contributed by atoms with Crippen LogP contribution in [0.5, 0.6) is 0 Å². The topological polar surface area (TPSA) is 46.2 Å². The molecule has 0 saturated heterocycles. The van der Waals surface area contributed by atoms with Crippen LogP contribution in [-0.4, -0.2) is 13.4 Å². The van der Waals surface area contributed by atoms with E-state index in [1.54, 1.807) is 24.3 Å². The first-order valence-corrected chi connectivity index (χ1v) is 7.62. The Hall–Kier alpha value is -0.940. The van der Waals surface area contributed by atoms with Gasteiger partial charge in [0.15, 0.2) is 0 Å². The number of aryl methyl sites for hydroxylation is 1. The van der Waals surface area contributed by atoms with E-state index in [1.165, 1.54) is 0 Å². The summed E-state index contributed by atoms with van der Waals surface area (Å²) in [5.41, 5.74) is 0.985. The molecule has 0 bridgehead atoms. The number of nitrogens with one attached hydrogen (secondary N) is 1. The van der Waals surface area contributed by atoms with Crippen LogP contribution in [0.15, 0.2) is 29.2 Å². The second-order valence-corrected chi connectivity index (χ2v) is 7.75. The zero-order valence-corrected chi connectivity index (χ0v) is 12.8. The Bertz CT molecular complexity index is 525. The van der Waals surface area contributed by atoms with Gasteiger partial charge in [-0.05, 0) is 24.5 Å². The van der Waals surface area contributed by atoms with E-state index in [2.05, 4.69) is 4.72 Å². The minimum Gasteiger partial charge on any atom is -0.273 e. The van der Waals surface area contributed by atoms with Gasteiger partial charge in [0.05, 0.1) is 9.88 Å². The number of benzene rings is 1. The van der Waals surface area contributed by atoms with Crippen LogP contribution >= 0.6 is 12.2 Å². The van der Waals surface area contributed by atoms with E-state index in [9.17, 15) is 8.42 Å². The van der Waals surface area contributed by atoms with Crippen molar-refractivity contribution >= 4 is 27.2 Å². The molecule has 0 unspecified atom stereocenters. The highest BCUT2D eigenvalue weighted by Gasteiger charge is 2.19. The summed E-state index contributed by atoms with van der Waals surface area (Å²) >= 11 is 5.09. The highest BCUT2D eigenvalue weighted by molar-refractivity contribution is 7.91. The molecule has 0 heterocycles. The van der Waals surface area contributed by atoms with Gasteiger partial charge < -0.3 is 0 Å². The van der Waals surface area contributed by atoms with E-state index in [0.717, 1.165) is 5.56 Å². The molecule has 1 aromatic carbocycles. The molecule has 0 aliphatic heterocycles. The monoisotopic (exact) mass is 285 g/mol. The molecular weight excluding hydrogens is 266 g/mol. The zero-order valence-electron chi connectivity index (χ0n) is 11.1. The van der Waals surface area contributed by atoms with Crippen molar-refractivity contribution in [3.05, 3.63) is 29.8 Å². The SMILES string of the molecule is Cc1ccc(S(=O)(=O)NC(=S)CC(C)(C)C)cc1. The van der Waals surface area contributed by atoms with Gasteiger partial charge in [-0.1, -0.05) is 50.7 Å². The van der Waals surface area contributed by atoms with E-state index in [-0.39, 0.29) is 10.3 Å². The third-order valence-corrected chi connectivity index (χ3v) is 4.05. The molecule has 0 radical (unpaired) electrons. The standard InChI is InChI=1S/C13H19NO2S2/c1-10-5-7-11(8-6-10)18(15,16)14-12(17)9-13(2,3)4/h5-8H,9H2,1-4H3,(H,14,17). The molecule has 3 nitrogen and oxygen atoms in total. The second-order valence-electron chi connectivity index (χ2n) is 5.58. The van der Waals surface area contributed by atoms with Crippen LogP contribution in [0.25, 0.3) is 0 Å². The number of rotatable bonds is 3. The van der Waals surface area contributed by atoms with E-state index in [1.807, 2.05) is 27.7 Å². The summed E-state index contributed by atoms with van der Waals surface area (Å²) in [5, 5.41) is 0. The normalized spacial score (nSPS) is 12.2. The molecule has 0 atom stereocenters. The van der Waals surface area contributed by atoms with Gasteiger partial charge in [0, 0.05) is 6.42 Å². The van der Waals surface area contributed by atoms with Gasteiger partial charge in [-0.25, -0.2) is 8.42 Å². The first-order valence-electron chi connectivity index (χ1n) is 5.72. The summed E-state index contributed by atoms with van der Waals surface area (Å²) in [6, 6.07) is 6.69. The maximum atomic E-state index is 12.0. The maximum absolute atomic E-state index is 12.0. The highest BCUT2D eigenvalue weighted by atomic mass is 32.2. The molecule has 0 aromatic heterocycles. The number of sulfonamides is 1. The Labute approximate surface area is 115 Å². The lowest BCUT2D eigenvalue weighted by atomic mass is 9.92. The fourth-order valence-electron chi connectivity index (χ4n) is 1.44. The number of hydrogen-bond donors (Lipinski definition) is 1. The van der Waals surface area contributed by atoms with E-state index < -0.39 is 10.0 Å². The quantitative estimate of drug-likeness (QED) is 0.868. The van der Waals surface area contributed by atoms with Gasteiger partial charge in [-0.3, -0.25) is 4.72 Å². The molecule has 1 aromatic rings. The third kappa shape index (κ3) is 4.74.